The van der Waals surface area contributed by atoms with Crippen LogP contribution < -0.4 is 5.73 Å². The summed E-state index contributed by atoms with van der Waals surface area (Å²) in [4.78, 5) is 15.4. The molecule has 0 aliphatic carbocycles. The van der Waals surface area contributed by atoms with Crippen LogP contribution in [0.2, 0.25) is 0 Å². The molecule has 2 N–H and O–H groups in total. The molecule has 1 heterocycles. The van der Waals surface area contributed by atoms with E-state index < -0.39 is 0 Å². The van der Waals surface area contributed by atoms with Gasteiger partial charge in [0.15, 0.2) is 0 Å². The number of nitrogens with two attached hydrogens (primary N) is 1. The van der Waals surface area contributed by atoms with Crippen LogP contribution in [-0.4, -0.2) is 49.1 Å². The van der Waals surface area contributed by atoms with E-state index in [0.717, 1.165) is 19.4 Å². The van der Waals surface area contributed by atoms with Crippen LogP contribution >= 0.6 is 0 Å². The predicted molar refractivity (Wildman–Crippen MR) is 57.1 cm³/mol. The van der Waals surface area contributed by atoms with E-state index in [4.69, 9.17) is 5.73 Å². The number of carbonyl (C=O) groups excluding carboxylic acids is 1. The normalized spacial score (nSPS) is 23.1. The Labute approximate surface area is 86.0 Å². The summed E-state index contributed by atoms with van der Waals surface area (Å²) in [6.45, 7) is 1.44. The summed E-state index contributed by atoms with van der Waals surface area (Å²) in [5, 5.41) is 0. The molecule has 1 atom stereocenters. The van der Waals surface area contributed by atoms with Gasteiger partial charge >= 0.3 is 6.03 Å². The Morgan fingerprint density at radius 1 is 1.43 bits per heavy atom. The molecule has 1 aliphatic rings. The Morgan fingerprint density at radius 3 is 2.71 bits per heavy atom. The highest BCUT2D eigenvalue weighted by Crippen LogP contribution is 2.16. The number of hydrogen-bond donors (Lipinski definition) is 1. The van der Waals surface area contributed by atoms with Crippen LogP contribution in [0.25, 0.3) is 0 Å². The molecule has 1 unspecified atom stereocenters. The minimum atomic E-state index is 0.0994. The number of hydrogen-bond acceptors (Lipinski definition) is 2. The highest BCUT2D eigenvalue weighted by molar-refractivity contribution is 5.74. The number of nitrogens with zero attached hydrogens (tertiary/aromatic N) is 2. The van der Waals surface area contributed by atoms with E-state index in [-0.39, 0.29) is 12.1 Å². The van der Waals surface area contributed by atoms with Gasteiger partial charge < -0.3 is 15.5 Å². The van der Waals surface area contributed by atoms with Gasteiger partial charge in [-0.2, -0.15) is 0 Å². The zero-order valence-electron chi connectivity index (χ0n) is 9.20. The third-order valence-electron chi connectivity index (χ3n) is 2.78. The summed E-state index contributed by atoms with van der Waals surface area (Å²) in [5.41, 5.74) is 5.69. The van der Waals surface area contributed by atoms with Crippen molar-refractivity contribution in [1.82, 2.24) is 9.80 Å². The maximum atomic E-state index is 11.8. The summed E-state index contributed by atoms with van der Waals surface area (Å²) in [6, 6.07) is 0.342. The summed E-state index contributed by atoms with van der Waals surface area (Å²) in [6.07, 6.45) is 4.57. The van der Waals surface area contributed by atoms with Crippen molar-refractivity contribution >= 4 is 6.03 Å². The van der Waals surface area contributed by atoms with Gasteiger partial charge in [-0.3, -0.25) is 0 Å². The highest BCUT2D eigenvalue weighted by Gasteiger charge is 2.24. The Bertz CT molecular complexity index is 194. The number of amides is 2. The Hall–Kier alpha value is -0.770. The molecular weight excluding hydrogens is 178 g/mol. The first-order chi connectivity index (χ1) is 6.66. The first-order valence-corrected chi connectivity index (χ1v) is 5.34. The van der Waals surface area contributed by atoms with Crippen LogP contribution in [0.4, 0.5) is 4.79 Å². The van der Waals surface area contributed by atoms with Crippen LogP contribution in [0.3, 0.4) is 0 Å². The second kappa shape index (κ2) is 5.20. The molecule has 82 valence electrons. The molecule has 0 saturated carbocycles. The van der Waals surface area contributed by atoms with Crippen molar-refractivity contribution in [1.29, 1.82) is 0 Å². The van der Waals surface area contributed by atoms with Gasteiger partial charge in [0.1, 0.15) is 0 Å². The van der Waals surface area contributed by atoms with Crippen molar-refractivity contribution < 1.29 is 4.79 Å². The topological polar surface area (TPSA) is 49.6 Å². The van der Waals surface area contributed by atoms with Gasteiger partial charge in [0, 0.05) is 33.2 Å². The van der Waals surface area contributed by atoms with Crippen LogP contribution in [0.5, 0.6) is 0 Å². The van der Waals surface area contributed by atoms with Crippen molar-refractivity contribution in [2.45, 2.75) is 31.7 Å². The highest BCUT2D eigenvalue weighted by atomic mass is 16.2. The first-order valence-electron chi connectivity index (χ1n) is 5.34. The van der Waals surface area contributed by atoms with Gasteiger partial charge in [-0.05, 0) is 12.8 Å². The minimum Gasteiger partial charge on any atom is -0.331 e. The standard InChI is InChI=1S/C10H21N3O/c1-12(2)10(14)13-7-5-3-4-6-9(13)8-11/h9H,3-8,11H2,1-2H3. The van der Waals surface area contributed by atoms with Crippen LogP contribution in [0.1, 0.15) is 25.7 Å². The van der Waals surface area contributed by atoms with Crippen molar-refractivity contribution in [2.24, 2.45) is 5.73 Å². The molecule has 14 heavy (non-hydrogen) atoms. The molecule has 1 fully saturated rings. The molecule has 0 aromatic rings. The monoisotopic (exact) mass is 199 g/mol. The molecule has 2 amide bonds. The molecule has 0 spiro atoms. The lowest BCUT2D eigenvalue weighted by atomic mass is 10.1. The quantitative estimate of drug-likeness (QED) is 0.681. The third kappa shape index (κ3) is 2.61. The summed E-state index contributed by atoms with van der Waals surface area (Å²) in [5.74, 6) is 0. The van der Waals surface area contributed by atoms with Crippen LogP contribution in [0, 0.1) is 0 Å². The average Bonchev–Trinajstić information content (AvgIpc) is 2.40. The molecule has 0 aromatic heterocycles. The van der Waals surface area contributed by atoms with E-state index in [1.165, 1.54) is 12.8 Å². The molecule has 4 heteroatoms. The van der Waals surface area contributed by atoms with Crippen LogP contribution in [0.15, 0.2) is 0 Å². The molecule has 1 aliphatic heterocycles. The van der Waals surface area contributed by atoms with E-state index in [2.05, 4.69) is 0 Å². The lowest BCUT2D eigenvalue weighted by molar-refractivity contribution is 0.152. The molecule has 0 radical (unpaired) electrons. The lowest BCUT2D eigenvalue weighted by Gasteiger charge is -2.31. The van der Waals surface area contributed by atoms with E-state index in [1.54, 1.807) is 19.0 Å². The Morgan fingerprint density at radius 2 is 2.14 bits per heavy atom. The molecular formula is C10H21N3O. The molecule has 0 aromatic carbocycles. The number of likely N-dealkylation sites (tertiary alicyclic amines) is 1. The second-order valence-electron chi connectivity index (χ2n) is 4.11. The van der Waals surface area contributed by atoms with Crippen molar-refractivity contribution in [3.05, 3.63) is 0 Å². The van der Waals surface area contributed by atoms with Gasteiger partial charge in [-0.25, -0.2) is 4.79 Å². The average molecular weight is 199 g/mol. The molecule has 1 saturated heterocycles. The SMILES string of the molecule is CN(C)C(=O)N1CCCCCC1CN. The maximum absolute atomic E-state index is 11.8. The zero-order chi connectivity index (χ0) is 10.6. The van der Waals surface area contributed by atoms with Crippen molar-refractivity contribution in [2.75, 3.05) is 27.2 Å². The fraction of sp³-hybridized carbons (Fsp3) is 0.900. The lowest BCUT2D eigenvalue weighted by Crippen LogP contribution is -2.48. The molecule has 0 bridgehead atoms. The minimum absolute atomic E-state index is 0.0994. The number of rotatable bonds is 1. The zero-order valence-corrected chi connectivity index (χ0v) is 9.20. The van der Waals surface area contributed by atoms with E-state index >= 15 is 0 Å². The van der Waals surface area contributed by atoms with Gasteiger partial charge in [0.25, 0.3) is 0 Å². The first kappa shape index (κ1) is 11.3. The Kier molecular flexibility index (Phi) is 4.20. The summed E-state index contributed by atoms with van der Waals surface area (Å²) >= 11 is 0. The fourth-order valence-electron chi connectivity index (χ4n) is 1.93. The van der Waals surface area contributed by atoms with Gasteiger partial charge in [0.05, 0.1) is 0 Å². The van der Waals surface area contributed by atoms with Gasteiger partial charge in [-0.1, -0.05) is 12.8 Å². The van der Waals surface area contributed by atoms with Crippen molar-refractivity contribution in [3.63, 3.8) is 0 Å². The smallest absolute Gasteiger partial charge is 0.319 e. The summed E-state index contributed by atoms with van der Waals surface area (Å²) in [7, 11) is 3.58. The summed E-state index contributed by atoms with van der Waals surface area (Å²) < 4.78 is 0. The largest absolute Gasteiger partial charge is 0.331 e. The number of urea groups is 1. The van der Waals surface area contributed by atoms with Gasteiger partial charge in [-0.15, -0.1) is 0 Å². The fourth-order valence-corrected chi connectivity index (χ4v) is 1.93. The maximum Gasteiger partial charge on any atom is 0.319 e. The predicted octanol–water partition coefficient (Wildman–Crippen LogP) is 0.871. The van der Waals surface area contributed by atoms with E-state index in [1.807, 2.05) is 4.90 Å². The number of carbonyl (C=O) groups is 1. The van der Waals surface area contributed by atoms with Crippen LogP contribution in [-0.2, 0) is 0 Å². The molecule has 1 rings (SSSR count). The van der Waals surface area contributed by atoms with E-state index in [0.29, 0.717) is 6.54 Å². The second-order valence-corrected chi connectivity index (χ2v) is 4.11. The van der Waals surface area contributed by atoms with E-state index in [9.17, 15) is 4.79 Å². The Balaban J connectivity index is 2.65. The van der Waals surface area contributed by atoms with Crippen molar-refractivity contribution in [3.8, 4) is 0 Å². The molecule has 4 nitrogen and oxygen atoms in total. The third-order valence-corrected chi connectivity index (χ3v) is 2.78. The van der Waals surface area contributed by atoms with Gasteiger partial charge in [0.2, 0.25) is 0 Å².